The van der Waals surface area contributed by atoms with Crippen LogP contribution in [0.4, 0.5) is 17.6 Å². The number of halogens is 4. The molecular weight excluding hydrogens is 428 g/mol. The minimum atomic E-state index is -4.91. The molecule has 11 heteroatoms. The van der Waals surface area contributed by atoms with E-state index < -0.39 is 29.3 Å². The van der Waals surface area contributed by atoms with Gasteiger partial charge in [-0.15, -0.1) is 5.10 Å². The van der Waals surface area contributed by atoms with E-state index in [1.165, 1.54) is 0 Å². The smallest absolute Gasteiger partial charge is 0.346 e. The van der Waals surface area contributed by atoms with E-state index in [1.807, 2.05) is 16.7 Å². The standard InChI is InChI=1S/C21H16F4N6O/c22-16-4-6-17(7-5-16)31-19(21(23,24)25)18(28-29-31)20(32)27-11-14-2-1-3-15(10-14)12-30-9-8-26-13-30/h1-10,13H,11-12H2,(H,27,32). The Hall–Kier alpha value is -4.02. The van der Waals surface area contributed by atoms with Crippen LogP contribution in [0.2, 0.25) is 0 Å². The second-order valence-corrected chi connectivity index (χ2v) is 6.91. The van der Waals surface area contributed by atoms with Crippen molar-refractivity contribution in [2.75, 3.05) is 0 Å². The van der Waals surface area contributed by atoms with E-state index in [1.54, 1.807) is 30.9 Å². The molecule has 0 aliphatic heterocycles. The highest BCUT2D eigenvalue weighted by molar-refractivity contribution is 5.93. The Morgan fingerprint density at radius 1 is 1.06 bits per heavy atom. The van der Waals surface area contributed by atoms with Crippen molar-refractivity contribution in [3.63, 3.8) is 0 Å². The molecule has 0 aliphatic carbocycles. The number of aromatic nitrogens is 5. The summed E-state index contributed by atoms with van der Waals surface area (Å²) in [5, 5.41) is 9.36. The van der Waals surface area contributed by atoms with Gasteiger partial charge in [0, 0.05) is 25.5 Å². The van der Waals surface area contributed by atoms with Crippen molar-refractivity contribution in [3.8, 4) is 5.69 Å². The maximum atomic E-state index is 13.7. The zero-order valence-corrected chi connectivity index (χ0v) is 16.4. The molecule has 0 fully saturated rings. The molecule has 2 aromatic heterocycles. The molecule has 164 valence electrons. The van der Waals surface area contributed by atoms with Crippen molar-refractivity contribution in [2.45, 2.75) is 19.3 Å². The number of hydrogen-bond acceptors (Lipinski definition) is 4. The highest BCUT2D eigenvalue weighted by Gasteiger charge is 2.42. The zero-order valence-electron chi connectivity index (χ0n) is 16.4. The van der Waals surface area contributed by atoms with E-state index in [-0.39, 0.29) is 12.2 Å². The molecule has 7 nitrogen and oxygen atoms in total. The second-order valence-electron chi connectivity index (χ2n) is 6.91. The van der Waals surface area contributed by atoms with Gasteiger partial charge in [-0.3, -0.25) is 4.79 Å². The third-order valence-corrected chi connectivity index (χ3v) is 4.59. The van der Waals surface area contributed by atoms with Crippen molar-refractivity contribution in [1.29, 1.82) is 0 Å². The van der Waals surface area contributed by atoms with Crippen LogP contribution < -0.4 is 5.32 Å². The number of alkyl halides is 3. The van der Waals surface area contributed by atoms with E-state index in [4.69, 9.17) is 0 Å². The summed E-state index contributed by atoms with van der Waals surface area (Å²) in [5.41, 5.74) is -0.632. The lowest BCUT2D eigenvalue weighted by molar-refractivity contribution is -0.143. The maximum absolute atomic E-state index is 13.7. The number of rotatable bonds is 6. The monoisotopic (exact) mass is 444 g/mol. The van der Waals surface area contributed by atoms with Crippen LogP contribution in [-0.4, -0.2) is 30.5 Å². The molecule has 0 radical (unpaired) electrons. The number of amides is 1. The highest BCUT2D eigenvalue weighted by Crippen LogP contribution is 2.32. The molecule has 32 heavy (non-hydrogen) atoms. The molecule has 0 spiro atoms. The zero-order chi connectivity index (χ0) is 22.7. The van der Waals surface area contributed by atoms with Gasteiger partial charge < -0.3 is 9.88 Å². The van der Waals surface area contributed by atoms with Crippen LogP contribution in [0.5, 0.6) is 0 Å². The van der Waals surface area contributed by atoms with Gasteiger partial charge in [-0.25, -0.2) is 14.1 Å². The number of nitrogens with zero attached hydrogens (tertiary/aromatic N) is 5. The van der Waals surface area contributed by atoms with E-state index in [9.17, 15) is 22.4 Å². The first-order valence-electron chi connectivity index (χ1n) is 9.42. The lowest BCUT2D eigenvalue weighted by atomic mass is 10.1. The van der Waals surface area contributed by atoms with Crippen LogP contribution in [0, 0.1) is 5.82 Å². The van der Waals surface area contributed by atoms with Crippen LogP contribution in [0.25, 0.3) is 5.69 Å². The predicted molar refractivity (Wildman–Crippen MR) is 105 cm³/mol. The minimum absolute atomic E-state index is 0.00267. The first-order chi connectivity index (χ1) is 15.3. The molecule has 0 aliphatic rings. The minimum Gasteiger partial charge on any atom is -0.346 e. The molecular formula is C21H16F4N6O. The third kappa shape index (κ3) is 4.66. The number of carbonyl (C=O) groups excluding carboxylic acids is 1. The fraction of sp³-hybridized carbons (Fsp3) is 0.143. The summed E-state index contributed by atoms with van der Waals surface area (Å²) in [4.78, 5) is 16.5. The quantitative estimate of drug-likeness (QED) is 0.461. The Balaban J connectivity index is 1.53. The van der Waals surface area contributed by atoms with Gasteiger partial charge in [0.25, 0.3) is 5.91 Å². The largest absolute Gasteiger partial charge is 0.435 e. The summed E-state index contributed by atoms with van der Waals surface area (Å²) in [6.45, 7) is 0.559. The van der Waals surface area contributed by atoms with E-state index >= 15 is 0 Å². The average Bonchev–Trinajstić information content (AvgIpc) is 3.43. The van der Waals surface area contributed by atoms with Gasteiger partial charge in [0.05, 0.1) is 12.0 Å². The number of benzene rings is 2. The Labute approximate surface area is 179 Å². The summed E-state index contributed by atoms with van der Waals surface area (Å²) in [5.74, 6) is -1.64. The first kappa shape index (κ1) is 21.2. The molecule has 0 saturated heterocycles. The molecule has 0 unspecified atom stereocenters. The Kier molecular flexibility index (Phi) is 5.71. The van der Waals surface area contributed by atoms with Crippen LogP contribution in [0.15, 0.2) is 67.3 Å². The van der Waals surface area contributed by atoms with Crippen molar-refractivity contribution >= 4 is 5.91 Å². The second kappa shape index (κ2) is 8.61. The summed E-state index contributed by atoms with van der Waals surface area (Å²) in [6, 6.07) is 11.5. The molecule has 2 heterocycles. The average molecular weight is 444 g/mol. The van der Waals surface area contributed by atoms with E-state index in [2.05, 4.69) is 20.6 Å². The van der Waals surface area contributed by atoms with Gasteiger partial charge in [-0.05, 0) is 35.4 Å². The number of imidazole rings is 1. The Morgan fingerprint density at radius 3 is 2.50 bits per heavy atom. The van der Waals surface area contributed by atoms with Gasteiger partial charge in [0.15, 0.2) is 11.4 Å². The Morgan fingerprint density at radius 2 is 1.81 bits per heavy atom. The van der Waals surface area contributed by atoms with Gasteiger partial charge in [0.1, 0.15) is 5.82 Å². The number of hydrogen-bond donors (Lipinski definition) is 1. The van der Waals surface area contributed by atoms with Crippen molar-refractivity contribution in [1.82, 2.24) is 29.9 Å². The van der Waals surface area contributed by atoms with Crippen LogP contribution in [-0.2, 0) is 19.3 Å². The van der Waals surface area contributed by atoms with Gasteiger partial charge >= 0.3 is 6.18 Å². The summed E-state index contributed by atoms with van der Waals surface area (Å²) >= 11 is 0. The van der Waals surface area contributed by atoms with Crippen molar-refractivity contribution < 1.29 is 22.4 Å². The maximum Gasteiger partial charge on any atom is 0.435 e. The topological polar surface area (TPSA) is 77.6 Å². The normalized spacial score (nSPS) is 11.5. The highest BCUT2D eigenvalue weighted by atomic mass is 19.4. The van der Waals surface area contributed by atoms with E-state index in [0.717, 1.165) is 29.8 Å². The van der Waals surface area contributed by atoms with Gasteiger partial charge in [0.2, 0.25) is 0 Å². The fourth-order valence-electron chi connectivity index (χ4n) is 3.15. The summed E-state index contributed by atoms with van der Waals surface area (Å²) in [6.07, 6.45) is 0.214. The van der Waals surface area contributed by atoms with Gasteiger partial charge in [-0.2, -0.15) is 13.2 Å². The van der Waals surface area contributed by atoms with Crippen LogP contribution in [0.1, 0.15) is 27.3 Å². The molecule has 0 bridgehead atoms. The molecule has 4 rings (SSSR count). The van der Waals surface area contributed by atoms with Crippen molar-refractivity contribution in [2.24, 2.45) is 0 Å². The lowest BCUT2D eigenvalue weighted by Gasteiger charge is -2.11. The lowest BCUT2D eigenvalue weighted by Crippen LogP contribution is -2.27. The van der Waals surface area contributed by atoms with Crippen LogP contribution >= 0.6 is 0 Å². The number of nitrogens with one attached hydrogen (secondary N) is 1. The molecule has 0 atom stereocenters. The molecule has 0 saturated carbocycles. The molecule has 1 amide bonds. The van der Waals surface area contributed by atoms with Crippen molar-refractivity contribution in [3.05, 3.63) is 95.6 Å². The van der Waals surface area contributed by atoms with E-state index in [0.29, 0.717) is 16.8 Å². The van der Waals surface area contributed by atoms with Gasteiger partial charge in [-0.1, -0.05) is 29.5 Å². The first-order valence-corrected chi connectivity index (χ1v) is 9.42. The summed E-state index contributed by atoms with van der Waals surface area (Å²) in [7, 11) is 0. The molecule has 1 N–H and O–H groups in total. The fourth-order valence-corrected chi connectivity index (χ4v) is 3.15. The number of carbonyl (C=O) groups is 1. The van der Waals surface area contributed by atoms with Crippen LogP contribution in [0.3, 0.4) is 0 Å². The predicted octanol–water partition coefficient (Wildman–Crippen LogP) is 3.60. The molecule has 4 aromatic rings. The SMILES string of the molecule is O=C(NCc1cccc(Cn2ccnc2)c1)c1nnn(-c2ccc(F)cc2)c1C(F)(F)F. The Bertz CT molecular complexity index is 1220. The molecule has 2 aromatic carbocycles. The third-order valence-electron chi connectivity index (χ3n) is 4.59. The summed E-state index contributed by atoms with van der Waals surface area (Å²) < 4.78 is 56.6.